The standard InChI is InChI=1S/C22H19N3OS2/c1-14-8-9-15(2)18(10-14)25-20(26)12-27-21-17-11-19(16-6-4-3-5-7-16)28-22(17)24-13-23-21/h3-11,13H,12H2,1-2H3,(H,25,26). The first kappa shape index (κ1) is 18.7. The van der Waals surface area contributed by atoms with Crippen molar-refractivity contribution in [3.8, 4) is 10.4 Å². The van der Waals surface area contributed by atoms with E-state index < -0.39 is 0 Å². The van der Waals surface area contributed by atoms with Crippen LogP contribution in [0.3, 0.4) is 0 Å². The van der Waals surface area contributed by atoms with E-state index in [2.05, 4.69) is 33.5 Å². The van der Waals surface area contributed by atoms with Gasteiger partial charge >= 0.3 is 0 Å². The van der Waals surface area contributed by atoms with E-state index in [9.17, 15) is 4.79 Å². The monoisotopic (exact) mass is 405 g/mol. The van der Waals surface area contributed by atoms with Gasteiger partial charge in [-0.05, 0) is 42.7 Å². The van der Waals surface area contributed by atoms with Gasteiger partial charge in [0.05, 0.1) is 5.75 Å². The second-order valence-electron chi connectivity index (χ2n) is 6.53. The average Bonchev–Trinajstić information content (AvgIpc) is 3.15. The molecule has 0 unspecified atom stereocenters. The highest BCUT2D eigenvalue weighted by Gasteiger charge is 2.13. The van der Waals surface area contributed by atoms with Gasteiger partial charge in [0.1, 0.15) is 16.2 Å². The number of anilines is 1. The number of thiophene rings is 1. The maximum absolute atomic E-state index is 12.4. The number of nitrogens with zero attached hydrogens (tertiary/aromatic N) is 2. The second kappa shape index (κ2) is 8.12. The Kier molecular flexibility index (Phi) is 5.41. The number of hydrogen-bond donors (Lipinski definition) is 1. The molecule has 28 heavy (non-hydrogen) atoms. The Morgan fingerprint density at radius 3 is 2.71 bits per heavy atom. The van der Waals surface area contributed by atoms with Gasteiger partial charge in [-0.25, -0.2) is 9.97 Å². The summed E-state index contributed by atoms with van der Waals surface area (Å²) in [5.74, 6) is 0.264. The van der Waals surface area contributed by atoms with Gasteiger partial charge in [-0.1, -0.05) is 54.2 Å². The van der Waals surface area contributed by atoms with Crippen LogP contribution in [0.1, 0.15) is 11.1 Å². The lowest BCUT2D eigenvalue weighted by atomic mass is 10.1. The van der Waals surface area contributed by atoms with Crippen LogP contribution in [0.4, 0.5) is 5.69 Å². The number of carbonyl (C=O) groups is 1. The smallest absolute Gasteiger partial charge is 0.234 e. The van der Waals surface area contributed by atoms with Crippen LogP contribution in [0.15, 0.2) is 66.0 Å². The second-order valence-corrected chi connectivity index (χ2v) is 8.52. The number of rotatable bonds is 5. The Hall–Kier alpha value is -2.70. The van der Waals surface area contributed by atoms with E-state index in [1.54, 1.807) is 17.7 Å². The van der Waals surface area contributed by atoms with Gasteiger partial charge in [-0.3, -0.25) is 4.79 Å². The van der Waals surface area contributed by atoms with Crippen molar-refractivity contribution < 1.29 is 4.79 Å². The normalized spacial score (nSPS) is 10.9. The van der Waals surface area contributed by atoms with Gasteiger partial charge in [-0.2, -0.15) is 0 Å². The van der Waals surface area contributed by atoms with Crippen LogP contribution in [0.25, 0.3) is 20.7 Å². The van der Waals surface area contributed by atoms with Crippen molar-refractivity contribution in [2.75, 3.05) is 11.1 Å². The minimum absolute atomic E-state index is 0.0380. The van der Waals surface area contributed by atoms with Crippen molar-refractivity contribution in [1.29, 1.82) is 0 Å². The number of aromatic nitrogens is 2. The fourth-order valence-corrected chi connectivity index (χ4v) is 4.73. The SMILES string of the molecule is Cc1ccc(C)c(NC(=O)CSc2ncnc3sc(-c4ccccc4)cc23)c1. The van der Waals surface area contributed by atoms with Gasteiger partial charge in [0, 0.05) is 16.0 Å². The van der Waals surface area contributed by atoms with E-state index in [4.69, 9.17) is 0 Å². The van der Waals surface area contributed by atoms with Crippen LogP contribution in [-0.4, -0.2) is 21.6 Å². The minimum atomic E-state index is -0.0380. The quantitative estimate of drug-likeness (QED) is 0.341. The summed E-state index contributed by atoms with van der Waals surface area (Å²) in [6.45, 7) is 4.01. The predicted molar refractivity (Wildman–Crippen MR) is 118 cm³/mol. The molecule has 0 aliphatic rings. The molecule has 0 saturated heterocycles. The van der Waals surface area contributed by atoms with Crippen molar-refractivity contribution >= 4 is 44.9 Å². The largest absolute Gasteiger partial charge is 0.325 e. The van der Waals surface area contributed by atoms with Gasteiger partial charge < -0.3 is 5.32 Å². The molecule has 0 radical (unpaired) electrons. The summed E-state index contributed by atoms with van der Waals surface area (Å²) < 4.78 is 0. The van der Waals surface area contributed by atoms with Crippen molar-refractivity contribution in [2.45, 2.75) is 18.9 Å². The predicted octanol–water partition coefficient (Wildman–Crippen LogP) is 5.71. The third kappa shape index (κ3) is 4.08. The highest BCUT2D eigenvalue weighted by atomic mass is 32.2. The highest BCUT2D eigenvalue weighted by Crippen LogP contribution is 2.36. The number of fused-ring (bicyclic) bond motifs is 1. The van der Waals surface area contributed by atoms with Crippen LogP contribution in [0.5, 0.6) is 0 Å². The number of nitrogens with one attached hydrogen (secondary N) is 1. The number of thioether (sulfide) groups is 1. The molecule has 140 valence electrons. The molecule has 2 heterocycles. The van der Waals surface area contributed by atoms with Gasteiger partial charge in [-0.15, -0.1) is 11.3 Å². The van der Waals surface area contributed by atoms with Crippen LogP contribution in [-0.2, 0) is 4.79 Å². The Balaban J connectivity index is 1.51. The first-order valence-electron chi connectivity index (χ1n) is 8.90. The summed E-state index contributed by atoms with van der Waals surface area (Å²) >= 11 is 3.08. The van der Waals surface area contributed by atoms with Crippen molar-refractivity contribution in [2.24, 2.45) is 0 Å². The summed E-state index contributed by atoms with van der Waals surface area (Å²) in [5.41, 5.74) is 4.20. The Morgan fingerprint density at radius 1 is 1.07 bits per heavy atom. The Labute approximate surface area is 172 Å². The number of hydrogen-bond acceptors (Lipinski definition) is 5. The van der Waals surface area contributed by atoms with Gasteiger partial charge in [0.15, 0.2) is 0 Å². The molecule has 4 aromatic rings. The summed E-state index contributed by atoms with van der Waals surface area (Å²) in [7, 11) is 0. The summed E-state index contributed by atoms with van der Waals surface area (Å²) in [6.07, 6.45) is 1.57. The van der Waals surface area contributed by atoms with Crippen molar-refractivity contribution in [3.63, 3.8) is 0 Å². The summed E-state index contributed by atoms with van der Waals surface area (Å²) in [5, 5.41) is 4.83. The molecule has 0 aliphatic carbocycles. The molecule has 4 rings (SSSR count). The first-order chi connectivity index (χ1) is 13.6. The van der Waals surface area contributed by atoms with Crippen molar-refractivity contribution in [1.82, 2.24) is 9.97 Å². The molecule has 2 aromatic heterocycles. The van der Waals surface area contributed by atoms with E-state index >= 15 is 0 Å². The maximum atomic E-state index is 12.4. The fraction of sp³-hybridized carbons (Fsp3) is 0.136. The topological polar surface area (TPSA) is 54.9 Å². The molecule has 2 aromatic carbocycles. The summed E-state index contributed by atoms with van der Waals surface area (Å²) in [4.78, 5) is 23.3. The molecular formula is C22H19N3OS2. The zero-order valence-corrected chi connectivity index (χ0v) is 17.2. The van der Waals surface area contributed by atoms with E-state index in [0.717, 1.165) is 42.5 Å². The molecule has 0 atom stereocenters. The van der Waals surface area contributed by atoms with Crippen LogP contribution in [0, 0.1) is 13.8 Å². The first-order valence-corrected chi connectivity index (χ1v) is 10.7. The van der Waals surface area contributed by atoms with Crippen LogP contribution in [0.2, 0.25) is 0 Å². The molecule has 1 N–H and O–H groups in total. The van der Waals surface area contributed by atoms with E-state index in [1.165, 1.54) is 11.8 Å². The highest BCUT2D eigenvalue weighted by molar-refractivity contribution is 8.00. The molecule has 0 bridgehead atoms. The molecule has 6 heteroatoms. The third-order valence-corrected chi connectivity index (χ3v) is 6.46. The third-order valence-electron chi connectivity index (χ3n) is 4.36. The van der Waals surface area contributed by atoms with E-state index in [0.29, 0.717) is 5.75 Å². The van der Waals surface area contributed by atoms with Gasteiger partial charge in [0.25, 0.3) is 0 Å². The Morgan fingerprint density at radius 2 is 1.89 bits per heavy atom. The molecule has 0 fully saturated rings. The molecule has 1 amide bonds. The zero-order chi connectivity index (χ0) is 19.5. The van der Waals surface area contributed by atoms with E-state index in [-0.39, 0.29) is 5.91 Å². The number of amides is 1. The lowest BCUT2D eigenvalue weighted by Gasteiger charge is -2.09. The van der Waals surface area contributed by atoms with E-state index in [1.807, 2.05) is 50.2 Å². The molecule has 0 spiro atoms. The number of benzene rings is 2. The van der Waals surface area contributed by atoms with Crippen LogP contribution < -0.4 is 5.32 Å². The number of aryl methyl sites for hydroxylation is 2. The summed E-state index contributed by atoms with van der Waals surface area (Å²) in [6, 6.07) is 18.4. The molecule has 0 saturated carbocycles. The average molecular weight is 406 g/mol. The minimum Gasteiger partial charge on any atom is -0.325 e. The lowest BCUT2D eigenvalue weighted by molar-refractivity contribution is -0.113. The fourth-order valence-electron chi connectivity index (χ4n) is 2.88. The lowest BCUT2D eigenvalue weighted by Crippen LogP contribution is -2.15. The maximum Gasteiger partial charge on any atom is 0.234 e. The van der Waals surface area contributed by atoms with Crippen molar-refractivity contribution in [3.05, 3.63) is 72.1 Å². The number of carbonyl (C=O) groups excluding carboxylic acids is 1. The molecular weight excluding hydrogens is 386 g/mol. The molecule has 4 nitrogen and oxygen atoms in total. The zero-order valence-electron chi connectivity index (χ0n) is 15.6. The van der Waals surface area contributed by atoms with Gasteiger partial charge in [0.2, 0.25) is 5.91 Å². The van der Waals surface area contributed by atoms with Crippen LogP contribution >= 0.6 is 23.1 Å². The molecule has 0 aliphatic heterocycles. The Bertz CT molecular complexity index is 1140.